The number of carbonyl (C=O) groups is 1. The molecule has 1 amide bonds. The van der Waals surface area contributed by atoms with Gasteiger partial charge in [-0.3, -0.25) is 4.79 Å². The molecule has 0 radical (unpaired) electrons. The van der Waals surface area contributed by atoms with Gasteiger partial charge in [0.05, 0.1) is 5.02 Å². The molecular formula is C12H13BrClNO2. The number of benzene rings is 1. The van der Waals surface area contributed by atoms with Crippen LogP contribution in [0.15, 0.2) is 29.3 Å². The maximum atomic E-state index is 11.4. The third-order valence-corrected chi connectivity index (χ3v) is 2.52. The van der Waals surface area contributed by atoms with Crippen molar-refractivity contribution in [1.82, 2.24) is 5.32 Å². The third-order valence-electron chi connectivity index (χ3n) is 1.92. The molecule has 0 saturated carbocycles. The molecule has 0 aromatic heterocycles. The molecule has 0 atom stereocenters. The summed E-state index contributed by atoms with van der Waals surface area (Å²) < 4.78 is 6.03. The molecule has 0 heterocycles. The van der Waals surface area contributed by atoms with Gasteiger partial charge in [-0.1, -0.05) is 40.2 Å². The fraction of sp³-hybridized carbons (Fsp3) is 0.250. The quantitative estimate of drug-likeness (QED) is 0.906. The molecule has 0 aliphatic carbocycles. The van der Waals surface area contributed by atoms with E-state index < -0.39 is 0 Å². The van der Waals surface area contributed by atoms with Gasteiger partial charge in [0.25, 0.3) is 5.91 Å². The summed E-state index contributed by atoms with van der Waals surface area (Å²) in [6.45, 7) is 5.85. The molecule has 0 fully saturated rings. The van der Waals surface area contributed by atoms with E-state index in [1.807, 2.05) is 13.0 Å². The van der Waals surface area contributed by atoms with E-state index in [0.29, 0.717) is 21.8 Å². The summed E-state index contributed by atoms with van der Waals surface area (Å²) in [6.07, 6.45) is 0. The lowest BCUT2D eigenvalue weighted by molar-refractivity contribution is -0.122. The van der Waals surface area contributed by atoms with Crippen LogP contribution in [-0.4, -0.2) is 19.1 Å². The molecular weight excluding hydrogens is 305 g/mol. The standard InChI is InChI=1S/C12H13BrClNO2/c1-8-3-4-10(14)11(5-8)17-7-12(16)15-6-9(2)13/h3-5H,2,6-7H2,1H3,(H,15,16). The summed E-state index contributed by atoms with van der Waals surface area (Å²) in [5.41, 5.74) is 1.03. The highest BCUT2D eigenvalue weighted by atomic mass is 79.9. The van der Waals surface area contributed by atoms with Crippen molar-refractivity contribution in [3.05, 3.63) is 39.8 Å². The molecule has 17 heavy (non-hydrogen) atoms. The SMILES string of the molecule is C=C(Br)CNC(=O)COc1cc(C)ccc1Cl. The number of amides is 1. The van der Waals surface area contributed by atoms with Gasteiger partial charge in [-0.15, -0.1) is 0 Å². The Kier molecular flexibility index (Phi) is 5.51. The average Bonchev–Trinajstić information content (AvgIpc) is 2.27. The van der Waals surface area contributed by atoms with E-state index in [1.165, 1.54) is 0 Å². The van der Waals surface area contributed by atoms with Crippen LogP contribution in [0.25, 0.3) is 0 Å². The molecule has 0 saturated heterocycles. The van der Waals surface area contributed by atoms with Crippen LogP contribution < -0.4 is 10.1 Å². The van der Waals surface area contributed by atoms with Crippen molar-refractivity contribution < 1.29 is 9.53 Å². The summed E-state index contributed by atoms with van der Waals surface area (Å²) in [4.78, 5) is 11.4. The number of carbonyl (C=O) groups excluding carboxylic acids is 1. The van der Waals surface area contributed by atoms with Crippen molar-refractivity contribution in [2.45, 2.75) is 6.92 Å². The van der Waals surface area contributed by atoms with Gasteiger partial charge >= 0.3 is 0 Å². The number of nitrogens with one attached hydrogen (secondary N) is 1. The first-order chi connectivity index (χ1) is 7.99. The summed E-state index contributed by atoms with van der Waals surface area (Å²) in [5, 5.41) is 3.13. The van der Waals surface area contributed by atoms with Crippen LogP contribution in [0.3, 0.4) is 0 Å². The monoisotopic (exact) mass is 317 g/mol. The normalized spacial score (nSPS) is 9.82. The Balaban J connectivity index is 2.47. The summed E-state index contributed by atoms with van der Waals surface area (Å²) in [6, 6.07) is 5.41. The Morgan fingerprint density at radius 1 is 1.59 bits per heavy atom. The molecule has 1 rings (SSSR count). The van der Waals surface area contributed by atoms with E-state index in [9.17, 15) is 4.79 Å². The smallest absolute Gasteiger partial charge is 0.258 e. The van der Waals surface area contributed by atoms with Gasteiger partial charge in [0.2, 0.25) is 0 Å². The van der Waals surface area contributed by atoms with Crippen LogP contribution in [0.2, 0.25) is 5.02 Å². The lowest BCUT2D eigenvalue weighted by atomic mass is 10.2. The van der Waals surface area contributed by atoms with E-state index in [4.69, 9.17) is 16.3 Å². The topological polar surface area (TPSA) is 38.3 Å². The Labute approximate surface area is 114 Å². The molecule has 5 heteroatoms. The maximum absolute atomic E-state index is 11.4. The van der Waals surface area contributed by atoms with Gasteiger partial charge in [0.15, 0.2) is 6.61 Å². The fourth-order valence-electron chi connectivity index (χ4n) is 1.11. The minimum absolute atomic E-state index is 0.0660. The van der Waals surface area contributed by atoms with E-state index in [-0.39, 0.29) is 12.5 Å². The highest BCUT2D eigenvalue weighted by Crippen LogP contribution is 2.24. The van der Waals surface area contributed by atoms with Crippen molar-refractivity contribution in [1.29, 1.82) is 0 Å². The van der Waals surface area contributed by atoms with Crippen molar-refractivity contribution in [2.75, 3.05) is 13.2 Å². The van der Waals surface area contributed by atoms with Crippen molar-refractivity contribution in [3.63, 3.8) is 0 Å². The second-order valence-electron chi connectivity index (χ2n) is 3.52. The Morgan fingerprint density at radius 3 is 2.94 bits per heavy atom. The second kappa shape index (κ2) is 6.67. The number of halogens is 2. The van der Waals surface area contributed by atoms with Crippen LogP contribution in [0.4, 0.5) is 0 Å². The third kappa shape index (κ3) is 5.24. The van der Waals surface area contributed by atoms with Crippen LogP contribution in [-0.2, 0) is 4.79 Å². The van der Waals surface area contributed by atoms with Crippen LogP contribution in [0.5, 0.6) is 5.75 Å². The molecule has 0 bridgehead atoms. The second-order valence-corrected chi connectivity index (χ2v) is 5.05. The lowest BCUT2D eigenvalue weighted by Gasteiger charge is -2.09. The van der Waals surface area contributed by atoms with Gasteiger partial charge in [0.1, 0.15) is 5.75 Å². The Morgan fingerprint density at radius 2 is 2.29 bits per heavy atom. The fourth-order valence-corrected chi connectivity index (χ4v) is 1.42. The summed E-state index contributed by atoms with van der Waals surface area (Å²) in [7, 11) is 0. The number of hydrogen-bond acceptors (Lipinski definition) is 2. The summed E-state index contributed by atoms with van der Waals surface area (Å²) in [5.74, 6) is 0.294. The number of aryl methyl sites for hydroxylation is 1. The molecule has 0 spiro atoms. The van der Waals surface area contributed by atoms with Crippen LogP contribution in [0, 0.1) is 6.92 Å². The molecule has 3 nitrogen and oxygen atoms in total. The number of ether oxygens (including phenoxy) is 1. The van der Waals surface area contributed by atoms with E-state index in [0.717, 1.165) is 5.56 Å². The maximum Gasteiger partial charge on any atom is 0.258 e. The van der Waals surface area contributed by atoms with Crippen LogP contribution in [0.1, 0.15) is 5.56 Å². The van der Waals surface area contributed by atoms with Crippen LogP contribution >= 0.6 is 27.5 Å². The predicted octanol–water partition coefficient (Wildman–Crippen LogP) is 3.05. The zero-order chi connectivity index (χ0) is 12.8. The molecule has 0 aliphatic rings. The molecule has 92 valence electrons. The van der Waals surface area contributed by atoms with E-state index in [2.05, 4.69) is 27.8 Å². The largest absolute Gasteiger partial charge is 0.482 e. The van der Waals surface area contributed by atoms with Gasteiger partial charge < -0.3 is 10.1 Å². The average molecular weight is 319 g/mol. The predicted molar refractivity (Wildman–Crippen MR) is 72.8 cm³/mol. The highest BCUT2D eigenvalue weighted by molar-refractivity contribution is 9.11. The Bertz CT molecular complexity index is 435. The highest BCUT2D eigenvalue weighted by Gasteiger charge is 2.05. The van der Waals surface area contributed by atoms with E-state index >= 15 is 0 Å². The van der Waals surface area contributed by atoms with Gasteiger partial charge in [-0.25, -0.2) is 0 Å². The molecule has 0 unspecified atom stereocenters. The Hall–Kier alpha value is -1.00. The molecule has 1 N–H and O–H groups in total. The minimum atomic E-state index is -0.219. The number of hydrogen-bond donors (Lipinski definition) is 1. The van der Waals surface area contributed by atoms with Crippen molar-refractivity contribution in [2.24, 2.45) is 0 Å². The first kappa shape index (κ1) is 14.1. The van der Waals surface area contributed by atoms with Crippen molar-refractivity contribution in [3.8, 4) is 5.75 Å². The number of rotatable bonds is 5. The van der Waals surface area contributed by atoms with Gasteiger partial charge in [0, 0.05) is 11.0 Å². The minimum Gasteiger partial charge on any atom is -0.482 e. The lowest BCUT2D eigenvalue weighted by Crippen LogP contribution is -2.29. The van der Waals surface area contributed by atoms with Gasteiger partial charge in [-0.05, 0) is 24.6 Å². The zero-order valence-corrected chi connectivity index (χ0v) is 11.8. The first-order valence-electron chi connectivity index (χ1n) is 4.98. The summed E-state index contributed by atoms with van der Waals surface area (Å²) >= 11 is 9.08. The van der Waals surface area contributed by atoms with Crippen molar-refractivity contribution >= 4 is 33.4 Å². The molecule has 1 aromatic carbocycles. The van der Waals surface area contributed by atoms with E-state index in [1.54, 1.807) is 12.1 Å². The van der Waals surface area contributed by atoms with Gasteiger partial charge in [-0.2, -0.15) is 0 Å². The molecule has 1 aromatic rings. The zero-order valence-electron chi connectivity index (χ0n) is 9.43. The first-order valence-corrected chi connectivity index (χ1v) is 6.15. The molecule has 0 aliphatic heterocycles.